The Kier molecular flexibility index (Phi) is 8.04. The van der Waals surface area contributed by atoms with Crippen LogP contribution in [-0.4, -0.2) is 91.2 Å². The van der Waals surface area contributed by atoms with Crippen molar-refractivity contribution in [2.24, 2.45) is 0 Å². The van der Waals surface area contributed by atoms with E-state index in [4.69, 9.17) is 21.1 Å². The number of rotatable bonds is 8. The molecule has 0 spiro atoms. The van der Waals surface area contributed by atoms with E-state index in [2.05, 4.69) is 30.5 Å². The van der Waals surface area contributed by atoms with E-state index >= 15 is 0 Å². The fourth-order valence-electron chi connectivity index (χ4n) is 5.93. The molecule has 11 nitrogen and oxygen atoms in total. The van der Waals surface area contributed by atoms with Crippen molar-refractivity contribution >= 4 is 50.1 Å². The first-order valence-electron chi connectivity index (χ1n) is 14.0. The molecule has 2 aromatic heterocycles. The minimum Gasteiger partial charge on any atom is -0.495 e. The highest BCUT2D eigenvalue weighted by atomic mass is 35.5. The number of hydrogen-bond acceptors (Lipinski definition) is 9. The number of anilines is 3. The zero-order valence-corrected chi connectivity index (χ0v) is 24.2. The van der Waals surface area contributed by atoms with Gasteiger partial charge in [-0.15, -0.1) is 0 Å². The SMILES string of the molecule is COc1cc(S(=O)(=O)N2CCC(N3CCCCC3)CC2)ccc1Nc1nc(N[C@H]2CCOC2)c2c(Cl)c[nH]c2n1. The van der Waals surface area contributed by atoms with Crippen LogP contribution < -0.4 is 15.4 Å². The molecule has 0 bridgehead atoms. The number of halogens is 1. The van der Waals surface area contributed by atoms with Crippen LogP contribution in [0.25, 0.3) is 11.0 Å². The van der Waals surface area contributed by atoms with Crippen LogP contribution in [0.4, 0.5) is 17.5 Å². The van der Waals surface area contributed by atoms with Crippen LogP contribution in [0, 0.1) is 0 Å². The van der Waals surface area contributed by atoms with Crippen LogP contribution >= 0.6 is 11.6 Å². The summed E-state index contributed by atoms with van der Waals surface area (Å²) in [5, 5.41) is 7.84. The Hall–Kier alpha value is -2.64. The summed E-state index contributed by atoms with van der Waals surface area (Å²) in [5.74, 6) is 1.30. The lowest BCUT2D eigenvalue weighted by Crippen LogP contribution is -2.48. The quantitative estimate of drug-likeness (QED) is 0.354. The number of benzene rings is 1. The normalized spacial score (nSPS) is 21.6. The van der Waals surface area contributed by atoms with E-state index in [1.165, 1.54) is 26.4 Å². The van der Waals surface area contributed by atoms with Gasteiger partial charge in [-0.25, -0.2) is 8.42 Å². The van der Waals surface area contributed by atoms with Gasteiger partial charge in [0, 0.05) is 38.0 Å². The second-order valence-corrected chi connectivity index (χ2v) is 13.0. The monoisotopic (exact) mass is 589 g/mol. The molecule has 0 saturated carbocycles. The van der Waals surface area contributed by atoms with Crippen LogP contribution in [0.3, 0.4) is 0 Å². The Balaban J connectivity index is 1.20. The van der Waals surface area contributed by atoms with Gasteiger partial charge in [-0.1, -0.05) is 18.0 Å². The van der Waals surface area contributed by atoms with Gasteiger partial charge in [0.05, 0.1) is 40.8 Å². The number of fused-ring (bicyclic) bond motifs is 1. The second kappa shape index (κ2) is 11.7. The van der Waals surface area contributed by atoms with Gasteiger partial charge in [-0.05, 0) is 57.3 Å². The maximum atomic E-state index is 13.5. The smallest absolute Gasteiger partial charge is 0.243 e. The van der Waals surface area contributed by atoms with Crippen LogP contribution in [0.5, 0.6) is 5.75 Å². The van der Waals surface area contributed by atoms with Gasteiger partial charge in [-0.3, -0.25) is 0 Å². The Morgan fingerprint density at radius 3 is 2.62 bits per heavy atom. The van der Waals surface area contributed by atoms with Crippen molar-refractivity contribution in [1.29, 1.82) is 0 Å². The summed E-state index contributed by atoms with van der Waals surface area (Å²) < 4.78 is 39.8. The Morgan fingerprint density at radius 2 is 1.90 bits per heavy atom. The summed E-state index contributed by atoms with van der Waals surface area (Å²) in [7, 11) is -2.13. The number of piperidine rings is 2. The van der Waals surface area contributed by atoms with E-state index in [1.807, 2.05) is 0 Å². The van der Waals surface area contributed by atoms with Crippen molar-refractivity contribution in [2.75, 3.05) is 57.1 Å². The van der Waals surface area contributed by atoms with Crippen molar-refractivity contribution in [3.05, 3.63) is 29.4 Å². The average Bonchev–Trinajstić information content (AvgIpc) is 3.63. The van der Waals surface area contributed by atoms with Crippen molar-refractivity contribution in [1.82, 2.24) is 24.2 Å². The maximum Gasteiger partial charge on any atom is 0.243 e. The number of likely N-dealkylation sites (tertiary alicyclic amines) is 1. The molecule has 3 fully saturated rings. The molecule has 3 aliphatic rings. The topological polar surface area (TPSA) is 125 Å². The average molecular weight is 590 g/mol. The maximum absolute atomic E-state index is 13.5. The van der Waals surface area contributed by atoms with Gasteiger partial charge in [0.15, 0.2) is 0 Å². The highest BCUT2D eigenvalue weighted by Gasteiger charge is 2.32. The number of hydrogen-bond donors (Lipinski definition) is 3. The number of methoxy groups -OCH3 is 1. The number of nitrogens with zero attached hydrogens (tertiary/aromatic N) is 4. The van der Waals surface area contributed by atoms with Gasteiger partial charge in [0.25, 0.3) is 0 Å². The zero-order chi connectivity index (χ0) is 27.7. The van der Waals surface area contributed by atoms with Crippen LogP contribution in [0.1, 0.15) is 38.5 Å². The molecule has 0 radical (unpaired) electrons. The lowest BCUT2D eigenvalue weighted by Gasteiger charge is -2.39. The molecule has 0 unspecified atom stereocenters. The largest absolute Gasteiger partial charge is 0.495 e. The van der Waals surface area contributed by atoms with Crippen LogP contribution in [0.2, 0.25) is 5.02 Å². The molecular formula is C27H36ClN7O4S. The Labute approximate surface area is 239 Å². The summed E-state index contributed by atoms with van der Waals surface area (Å²) in [6.45, 7) is 4.60. The first-order valence-corrected chi connectivity index (χ1v) is 15.8. The molecular weight excluding hydrogens is 554 g/mol. The van der Waals surface area contributed by atoms with E-state index in [-0.39, 0.29) is 10.9 Å². The van der Waals surface area contributed by atoms with E-state index in [0.717, 1.165) is 32.4 Å². The number of nitrogens with one attached hydrogen (secondary N) is 3. The molecule has 1 aromatic carbocycles. The fraction of sp³-hybridized carbons (Fsp3) is 0.556. The zero-order valence-electron chi connectivity index (χ0n) is 22.7. The van der Waals surface area contributed by atoms with Crippen LogP contribution in [0.15, 0.2) is 29.3 Å². The van der Waals surface area contributed by atoms with E-state index < -0.39 is 10.0 Å². The predicted octanol–water partition coefficient (Wildman–Crippen LogP) is 4.20. The molecule has 1 atom stereocenters. The van der Waals surface area contributed by atoms with Gasteiger partial charge in [-0.2, -0.15) is 14.3 Å². The van der Waals surface area contributed by atoms with Gasteiger partial charge < -0.3 is 30.0 Å². The Bertz CT molecular complexity index is 1450. The number of sulfonamides is 1. The molecule has 6 rings (SSSR count). The number of aromatic nitrogens is 3. The molecule has 3 saturated heterocycles. The summed E-state index contributed by atoms with van der Waals surface area (Å²) in [5.41, 5.74) is 1.13. The summed E-state index contributed by atoms with van der Waals surface area (Å²) in [6, 6.07) is 5.46. The lowest BCUT2D eigenvalue weighted by atomic mass is 10.0. The second-order valence-electron chi connectivity index (χ2n) is 10.7. The summed E-state index contributed by atoms with van der Waals surface area (Å²) >= 11 is 6.41. The summed E-state index contributed by atoms with van der Waals surface area (Å²) in [4.78, 5) is 15.1. The molecule has 40 heavy (non-hydrogen) atoms. The minimum absolute atomic E-state index is 0.126. The van der Waals surface area contributed by atoms with Crippen LogP contribution in [-0.2, 0) is 14.8 Å². The predicted molar refractivity (Wildman–Crippen MR) is 155 cm³/mol. The first kappa shape index (κ1) is 27.5. The molecule has 5 heterocycles. The van der Waals surface area contributed by atoms with Crippen molar-refractivity contribution in [3.8, 4) is 5.75 Å². The third-order valence-electron chi connectivity index (χ3n) is 8.14. The molecule has 3 aromatic rings. The minimum atomic E-state index is -3.65. The van der Waals surface area contributed by atoms with E-state index in [9.17, 15) is 8.42 Å². The molecule has 3 aliphatic heterocycles. The molecule has 0 amide bonds. The third-order valence-corrected chi connectivity index (χ3v) is 10.3. The number of H-pyrrole nitrogens is 1. The standard InChI is InChI=1S/C27H36ClN7O4S/c1-38-23-15-20(40(36,37)35-12-7-19(8-13-35)34-10-3-2-4-11-34)5-6-22(23)31-27-32-25-24(21(28)16-29-25)26(33-27)30-18-9-14-39-17-18/h5-6,15-16,18-19H,2-4,7-14,17H2,1H3,(H3,29,30,31,32,33)/t18-/m0/s1. The third kappa shape index (κ3) is 5.60. The molecule has 0 aliphatic carbocycles. The Morgan fingerprint density at radius 1 is 1.10 bits per heavy atom. The van der Waals surface area contributed by atoms with E-state index in [0.29, 0.717) is 71.6 Å². The molecule has 13 heteroatoms. The molecule has 216 valence electrons. The summed E-state index contributed by atoms with van der Waals surface area (Å²) in [6.07, 6.45) is 8.05. The first-order chi connectivity index (χ1) is 19.4. The molecule has 3 N–H and O–H groups in total. The highest BCUT2D eigenvalue weighted by Crippen LogP contribution is 2.34. The van der Waals surface area contributed by atoms with Crippen molar-refractivity contribution < 1.29 is 17.9 Å². The number of aromatic amines is 1. The highest BCUT2D eigenvalue weighted by molar-refractivity contribution is 7.89. The number of ether oxygens (including phenoxy) is 2. The fourth-order valence-corrected chi connectivity index (χ4v) is 7.65. The van der Waals surface area contributed by atoms with Gasteiger partial charge in [0.2, 0.25) is 16.0 Å². The lowest BCUT2D eigenvalue weighted by molar-refractivity contribution is 0.118. The van der Waals surface area contributed by atoms with E-state index in [1.54, 1.807) is 28.7 Å². The van der Waals surface area contributed by atoms with Gasteiger partial charge >= 0.3 is 0 Å². The van der Waals surface area contributed by atoms with Gasteiger partial charge in [0.1, 0.15) is 17.2 Å². The van der Waals surface area contributed by atoms with Crippen molar-refractivity contribution in [3.63, 3.8) is 0 Å². The van der Waals surface area contributed by atoms with Crippen molar-refractivity contribution in [2.45, 2.75) is 55.5 Å².